The first-order valence-electron chi connectivity index (χ1n) is 6.16. The van der Waals surface area contributed by atoms with Crippen molar-refractivity contribution in [1.29, 1.82) is 0 Å². The summed E-state index contributed by atoms with van der Waals surface area (Å²) in [5, 5.41) is 6.91. The lowest BCUT2D eigenvalue weighted by molar-refractivity contribution is 0.390. The molecule has 0 radical (unpaired) electrons. The molecule has 1 aromatic rings. The number of rotatable bonds is 4. The van der Waals surface area contributed by atoms with Crippen LogP contribution in [-0.2, 0) is 23.1 Å². The largest absolute Gasteiger partial charge is 0.282 e. The van der Waals surface area contributed by atoms with Crippen LogP contribution >= 0.6 is 0 Å². The highest BCUT2D eigenvalue weighted by Gasteiger charge is 2.27. The quantitative estimate of drug-likeness (QED) is 0.835. The maximum atomic E-state index is 12.1. The third kappa shape index (κ3) is 2.73. The van der Waals surface area contributed by atoms with Gasteiger partial charge in [-0.3, -0.25) is 5.10 Å². The van der Waals surface area contributed by atoms with Gasteiger partial charge < -0.3 is 0 Å². The predicted molar refractivity (Wildman–Crippen MR) is 69.4 cm³/mol. The highest BCUT2D eigenvalue weighted by atomic mass is 32.2. The molecule has 0 aromatic carbocycles. The summed E-state index contributed by atoms with van der Waals surface area (Å²) in [7, 11) is -1.80. The van der Waals surface area contributed by atoms with E-state index in [1.54, 1.807) is 7.05 Å². The van der Waals surface area contributed by atoms with Gasteiger partial charge in [-0.15, -0.1) is 0 Å². The summed E-state index contributed by atoms with van der Waals surface area (Å²) in [5.41, 5.74) is 2.24. The predicted octanol–water partition coefficient (Wildman–Crippen LogP) is 0.442. The van der Waals surface area contributed by atoms with Crippen molar-refractivity contribution >= 4 is 10.2 Å². The van der Waals surface area contributed by atoms with Crippen molar-refractivity contribution in [2.75, 3.05) is 7.05 Å². The number of aromatic nitrogens is 2. The molecule has 18 heavy (non-hydrogen) atoms. The number of aryl methyl sites for hydroxylation is 1. The van der Waals surface area contributed by atoms with Gasteiger partial charge in [0.05, 0.1) is 6.20 Å². The number of nitrogens with one attached hydrogen (secondary N) is 2. The molecule has 7 heteroatoms. The Bertz CT molecular complexity index is 509. The van der Waals surface area contributed by atoms with Gasteiger partial charge in [0.25, 0.3) is 10.2 Å². The van der Waals surface area contributed by atoms with Crippen molar-refractivity contribution in [2.45, 2.75) is 45.2 Å². The van der Waals surface area contributed by atoms with Crippen molar-refractivity contribution in [2.24, 2.45) is 0 Å². The molecular formula is C11H20N4O2S. The van der Waals surface area contributed by atoms with Crippen molar-refractivity contribution in [3.05, 3.63) is 17.5 Å². The first-order chi connectivity index (χ1) is 8.40. The maximum Gasteiger partial charge on any atom is 0.279 e. The van der Waals surface area contributed by atoms with Crippen molar-refractivity contribution < 1.29 is 8.42 Å². The van der Waals surface area contributed by atoms with Gasteiger partial charge in [-0.2, -0.15) is 22.5 Å². The van der Waals surface area contributed by atoms with Crippen LogP contribution in [0.4, 0.5) is 0 Å². The fourth-order valence-corrected chi connectivity index (χ4v) is 3.42. The smallest absolute Gasteiger partial charge is 0.279 e. The van der Waals surface area contributed by atoms with E-state index in [1.165, 1.54) is 9.87 Å². The number of fused-ring (bicyclic) bond motifs is 1. The zero-order chi connectivity index (χ0) is 13.3. The molecule has 2 N–H and O–H groups in total. The van der Waals surface area contributed by atoms with E-state index in [9.17, 15) is 8.42 Å². The van der Waals surface area contributed by atoms with Gasteiger partial charge in [0.2, 0.25) is 0 Å². The monoisotopic (exact) mass is 272 g/mol. The summed E-state index contributed by atoms with van der Waals surface area (Å²) in [4.78, 5) is 0. The molecule has 1 unspecified atom stereocenters. The van der Waals surface area contributed by atoms with Crippen LogP contribution in [0.15, 0.2) is 6.20 Å². The molecule has 0 spiro atoms. The van der Waals surface area contributed by atoms with Crippen LogP contribution in [0, 0.1) is 0 Å². The molecule has 1 aromatic heterocycles. The fraction of sp³-hybridized carbons (Fsp3) is 0.727. The highest BCUT2D eigenvalue weighted by Crippen LogP contribution is 2.19. The number of aromatic amines is 1. The van der Waals surface area contributed by atoms with Gasteiger partial charge in [-0.25, -0.2) is 0 Å². The number of hydrogen-bond donors (Lipinski definition) is 2. The van der Waals surface area contributed by atoms with Crippen LogP contribution in [-0.4, -0.2) is 42.1 Å². The molecule has 1 heterocycles. The zero-order valence-electron chi connectivity index (χ0n) is 11.0. The molecule has 1 aliphatic rings. The third-order valence-electron chi connectivity index (χ3n) is 3.44. The summed E-state index contributed by atoms with van der Waals surface area (Å²) in [6.07, 6.45) is 4.18. The van der Waals surface area contributed by atoms with Gasteiger partial charge in [-0.1, -0.05) is 0 Å². The molecule has 0 fully saturated rings. The van der Waals surface area contributed by atoms with Gasteiger partial charge in [0.15, 0.2) is 0 Å². The number of hydrogen-bond acceptors (Lipinski definition) is 3. The van der Waals surface area contributed by atoms with Crippen LogP contribution in [0.1, 0.15) is 31.5 Å². The molecule has 1 aliphatic carbocycles. The zero-order valence-corrected chi connectivity index (χ0v) is 11.8. The normalized spacial score (nSPS) is 20.4. The Morgan fingerprint density at radius 1 is 1.56 bits per heavy atom. The first kappa shape index (κ1) is 13.5. The molecular weight excluding hydrogens is 252 g/mol. The lowest BCUT2D eigenvalue weighted by Gasteiger charge is -2.27. The van der Waals surface area contributed by atoms with Crippen LogP contribution in [0.5, 0.6) is 0 Å². The molecule has 1 atom stereocenters. The van der Waals surface area contributed by atoms with E-state index in [-0.39, 0.29) is 12.1 Å². The van der Waals surface area contributed by atoms with Gasteiger partial charge in [0, 0.05) is 31.2 Å². The number of nitrogens with zero attached hydrogens (tertiary/aromatic N) is 2. The van der Waals surface area contributed by atoms with E-state index in [2.05, 4.69) is 14.9 Å². The molecule has 0 bridgehead atoms. The highest BCUT2D eigenvalue weighted by molar-refractivity contribution is 7.87. The second kappa shape index (κ2) is 4.99. The SMILES string of the molecule is CC(C)N(C)S(=O)(=O)NC1CCc2cn[nH]c2C1. The average molecular weight is 272 g/mol. The van der Waals surface area contributed by atoms with Crippen LogP contribution in [0.25, 0.3) is 0 Å². The van der Waals surface area contributed by atoms with E-state index >= 15 is 0 Å². The topological polar surface area (TPSA) is 78.1 Å². The standard InChI is InChI=1S/C11H20N4O2S/c1-8(2)15(3)18(16,17)14-10-5-4-9-7-12-13-11(9)6-10/h7-8,10,14H,4-6H2,1-3H3,(H,12,13). The van der Waals surface area contributed by atoms with Crippen molar-refractivity contribution in [1.82, 2.24) is 19.2 Å². The lowest BCUT2D eigenvalue weighted by Crippen LogP contribution is -2.47. The average Bonchev–Trinajstić information content (AvgIpc) is 2.74. The van der Waals surface area contributed by atoms with E-state index < -0.39 is 10.2 Å². The molecule has 0 amide bonds. The molecule has 0 aliphatic heterocycles. The van der Waals surface area contributed by atoms with Crippen molar-refractivity contribution in [3.63, 3.8) is 0 Å². The summed E-state index contributed by atoms with van der Waals surface area (Å²) in [6, 6.07) is -0.0991. The maximum absolute atomic E-state index is 12.1. The summed E-state index contributed by atoms with van der Waals surface area (Å²) in [6.45, 7) is 3.71. The molecule has 0 saturated carbocycles. The second-order valence-electron chi connectivity index (χ2n) is 5.05. The summed E-state index contributed by atoms with van der Waals surface area (Å²) >= 11 is 0. The Balaban J connectivity index is 2.04. The minimum absolute atomic E-state index is 0.0474. The minimum Gasteiger partial charge on any atom is -0.282 e. The van der Waals surface area contributed by atoms with Gasteiger partial charge >= 0.3 is 0 Å². The fourth-order valence-electron chi connectivity index (χ4n) is 2.08. The molecule has 0 saturated heterocycles. The minimum atomic E-state index is -3.40. The third-order valence-corrected chi connectivity index (χ3v) is 5.25. The lowest BCUT2D eigenvalue weighted by atomic mass is 9.95. The second-order valence-corrected chi connectivity index (χ2v) is 6.81. The number of H-pyrrole nitrogens is 1. The Kier molecular flexibility index (Phi) is 3.74. The van der Waals surface area contributed by atoms with Crippen LogP contribution in [0.2, 0.25) is 0 Å². The first-order valence-corrected chi connectivity index (χ1v) is 7.60. The van der Waals surface area contributed by atoms with E-state index in [1.807, 2.05) is 20.0 Å². The molecule has 2 rings (SSSR count). The van der Waals surface area contributed by atoms with E-state index in [0.717, 1.165) is 18.5 Å². The summed E-state index contributed by atoms with van der Waals surface area (Å²) < 4.78 is 28.3. The Morgan fingerprint density at radius 2 is 2.28 bits per heavy atom. The van der Waals surface area contributed by atoms with Crippen molar-refractivity contribution in [3.8, 4) is 0 Å². The van der Waals surface area contributed by atoms with Gasteiger partial charge in [0.1, 0.15) is 0 Å². The Hall–Kier alpha value is -0.920. The Labute approximate surface area is 108 Å². The van der Waals surface area contributed by atoms with Crippen LogP contribution in [0.3, 0.4) is 0 Å². The molecule has 102 valence electrons. The van der Waals surface area contributed by atoms with Gasteiger partial charge in [-0.05, 0) is 32.3 Å². The van der Waals surface area contributed by atoms with E-state index in [4.69, 9.17) is 0 Å². The summed E-state index contributed by atoms with van der Waals surface area (Å²) in [5.74, 6) is 0. The van der Waals surface area contributed by atoms with Crippen LogP contribution < -0.4 is 4.72 Å². The molecule has 6 nitrogen and oxygen atoms in total. The Morgan fingerprint density at radius 3 is 2.94 bits per heavy atom. The van der Waals surface area contributed by atoms with E-state index in [0.29, 0.717) is 6.42 Å².